The topological polar surface area (TPSA) is 87.5 Å². The Kier molecular flexibility index (Phi) is 4.07. The summed E-state index contributed by atoms with van der Waals surface area (Å²) in [5.41, 5.74) is 2.82. The Morgan fingerprint density at radius 1 is 1.07 bits per heavy atom. The minimum Gasteiger partial charge on any atom is -0.491 e. The van der Waals surface area contributed by atoms with Crippen LogP contribution in [0, 0.1) is 23.0 Å². The van der Waals surface area contributed by atoms with Gasteiger partial charge in [-0.3, -0.25) is 0 Å². The Balaban J connectivity index is 1.65. The molecule has 142 valence electrons. The number of H-pyrrole nitrogens is 1. The first-order valence-electron chi connectivity index (χ1n) is 8.67. The van der Waals surface area contributed by atoms with Crippen molar-refractivity contribution in [3.63, 3.8) is 0 Å². The molecule has 0 saturated carbocycles. The van der Waals surface area contributed by atoms with E-state index in [1.165, 1.54) is 23.5 Å². The second-order valence-corrected chi connectivity index (χ2v) is 7.42. The average molecular weight is 407 g/mol. The van der Waals surface area contributed by atoms with Gasteiger partial charge in [0.05, 0.1) is 16.4 Å². The summed E-state index contributed by atoms with van der Waals surface area (Å²) in [5.74, 6) is -0.756. The van der Waals surface area contributed by atoms with Crippen molar-refractivity contribution in [1.29, 1.82) is 5.26 Å². The van der Waals surface area contributed by atoms with Gasteiger partial charge >= 0.3 is 0 Å². The number of aromatic amines is 1. The van der Waals surface area contributed by atoms with Crippen molar-refractivity contribution >= 4 is 11.3 Å². The van der Waals surface area contributed by atoms with Crippen LogP contribution < -0.4 is 4.74 Å². The summed E-state index contributed by atoms with van der Waals surface area (Å²) in [5, 5.41) is 20.0. The molecule has 0 amide bonds. The van der Waals surface area contributed by atoms with E-state index in [0.717, 1.165) is 21.4 Å². The Morgan fingerprint density at radius 3 is 2.76 bits per heavy atom. The van der Waals surface area contributed by atoms with Crippen LogP contribution in [0.15, 0.2) is 36.4 Å². The fourth-order valence-electron chi connectivity index (χ4n) is 3.26. The zero-order valence-corrected chi connectivity index (χ0v) is 15.6. The van der Waals surface area contributed by atoms with Gasteiger partial charge in [-0.25, -0.2) is 13.8 Å². The van der Waals surface area contributed by atoms with E-state index in [0.29, 0.717) is 41.6 Å². The summed E-state index contributed by atoms with van der Waals surface area (Å²) in [6.45, 7) is 0.474. The van der Waals surface area contributed by atoms with Gasteiger partial charge in [0.15, 0.2) is 0 Å². The average Bonchev–Trinajstić information content (AvgIpc) is 3.32. The molecule has 29 heavy (non-hydrogen) atoms. The molecule has 0 bridgehead atoms. The smallest absolute Gasteiger partial charge is 0.146 e. The lowest BCUT2D eigenvalue weighted by Gasteiger charge is -2.06. The van der Waals surface area contributed by atoms with Crippen molar-refractivity contribution in [2.24, 2.45) is 0 Å². The lowest BCUT2D eigenvalue weighted by Crippen LogP contribution is -1.98. The van der Waals surface area contributed by atoms with Crippen LogP contribution in [-0.2, 0) is 6.42 Å². The molecule has 1 aliphatic rings. The normalized spacial score (nSPS) is 12.4. The van der Waals surface area contributed by atoms with E-state index in [1.54, 1.807) is 12.1 Å². The third-order valence-electron chi connectivity index (χ3n) is 4.59. The first-order chi connectivity index (χ1) is 14.1. The summed E-state index contributed by atoms with van der Waals surface area (Å²) in [6, 6.07) is 10.7. The number of nitriles is 1. The highest BCUT2D eigenvalue weighted by molar-refractivity contribution is 7.19. The van der Waals surface area contributed by atoms with Gasteiger partial charge < -0.3 is 4.74 Å². The van der Waals surface area contributed by atoms with Crippen LogP contribution in [0.25, 0.3) is 32.4 Å². The summed E-state index contributed by atoms with van der Waals surface area (Å²) in [4.78, 5) is 6.05. The van der Waals surface area contributed by atoms with Crippen molar-refractivity contribution in [2.45, 2.75) is 6.42 Å². The van der Waals surface area contributed by atoms with E-state index < -0.39 is 11.6 Å². The molecule has 4 aromatic rings. The van der Waals surface area contributed by atoms with Crippen LogP contribution in [0.2, 0.25) is 0 Å². The minimum atomic E-state index is -0.711. The minimum absolute atomic E-state index is 0.160. The van der Waals surface area contributed by atoms with Gasteiger partial charge in [-0.2, -0.15) is 20.7 Å². The Hall–Kier alpha value is -3.64. The van der Waals surface area contributed by atoms with Crippen molar-refractivity contribution in [3.05, 3.63) is 59.3 Å². The van der Waals surface area contributed by atoms with E-state index in [-0.39, 0.29) is 5.56 Å². The number of fused-ring (bicyclic) bond motifs is 3. The highest BCUT2D eigenvalue weighted by atomic mass is 32.1. The standard InChI is InChI=1S/C20H11F2N5OS/c21-11-1-3-13(14(22)8-11)17-19(26-27-25-17)16-7-10-5-6-28-15-4-2-12(9-23)24-18(15)20(10)29-16/h1-4,7-8H,5-6H2,(H,25,26,27). The molecule has 9 heteroatoms. The fraction of sp³-hybridized carbons (Fsp3) is 0.100. The third-order valence-corrected chi connectivity index (χ3v) is 5.78. The van der Waals surface area contributed by atoms with Gasteiger partial charge in [-0.15, -0.1) is 11.3 Å². The number of ether oxygens (including phenoxy) is 1. The molecular formula is C20H11F2N5OS. The summed E-state index contributed by atoms with van der Waals surface area (Å²) >= 11 is 1.42. The van der Waals surface area contributed by atoms with Gasteiger partial charge in [0.2, 0.25) is 0 Å². The highest BCUT2D eigenvalue weighted by Crippen LogP contribution is 2.44. The third kappa shape index (κ3) is 2.94. The van der Waals surface area contributed by atoms with Crippen LogP contribution >= 0.6 is 11.3 Å². The van der Waals surface area contributed by atoms with E-state index >= 15 is 0 Å². The van der Waals surface area contributed by atoms with Crippen molar-refractivity contribution < 1.29 is 13.5 Å². The number of aromatic nitrogens is 4. The van der Waals surface area contributed by atoms with Gasteiger partial charge in [0.1, 0.15) is 46.2 Å². The molecule has 0 fully saturated rings. The molecule has 5 rings (SSSR count). The number of hydrogen-bond donors (Lipinski definition) is 1. The van der Waals surface area contributed by atoms with Crippen LogP contribution in [-0.4, -0.2) is 27.0 Å². The molecule has 0 spiro atoms. The molecule has 3 aromatic heterocycles. The number of pyridine rings is 1. The predicted molar refractivity (Wildman–Crippen MR) is 102 cm³/mol. The molecule has 6 nitrogen and oxygen atoms in total. The highest BCUT2D eigenvalue weighted by Gasteiger charge is 2.24. The predicted octanol–water partition coefficient (Wildman–Crippen LogP) is 4.35. The maximum absolute atomic E-state index is 14.3. The molecule has 0 aliphatic carbocycles. The Bertz CT molecular complexity index is 1290. The lowest BCUT2D eigenvalue weighted by molar-refractivity contribution is 0.325. The van der Waals surface area contributed by atoms with Gasteiger partial charge in [-0.1, -0.05) is 0 Å². The monoisotopic (exact) mass is 407 g/mol. The molecule has 0 radical (unpaired) electrons. The van der Waals surface area contributed by atoms with Crippen molar-refractivity contribution in [3.8, 4) is 44.2 Å². The van der Waals surface area contributed by atoms with Crippen molar-refractivity contribution in [2.75, 3.05) is 6.61 Å². The molecule has 1 N–H and O–H groups in total. The molecule has 1 aromatic carbocycles. The van der Waals surface area contributed by atoms with E-state index in [4.69, 9.17) is 4.74 Å². The van der Waals surface area contributed by atoms with Gasteiger partial charge in [-0.05, 0) is 35.9 Å². The first kappa shape index (κ1) is 17.5. The Morgan fingerprint density at radius 2 is 1.93 bits per heavy atom. The second-order valence-electron chi connectivity index (χ2n) is 6.36. The molecule has 0 saturated heterocycles. The maximum Gasteiger partial charge on any atom is 0.146 e. The molecule has 1 aliphatic heterocycles. The number of hydrogen-bond acceptors (Lipinski definition) is 6. The first-order valence-corrected chi connectivity index (χ1v) is 9.49. The molecule has 0 unspecified atom stereocenters. The molecular weight excluding hydrogens is 396 g/mol. The largest absolute Gasteiger partial charge is 0.491 e. The Labute approximate surface area is 167 Å². The van der Waals surface area contributed by atoms with Crippen LogP contribution in [0.5, 0.6) is 5.75 Å². The molecule has 0 atom stereocenters. The van der Waals surface area contributed by atoms with Gasteiger partial charge in [0.25, 0.3) is 0 Å². The summed E-state index contributed by atoms with van der Waals surface area (Å²) < 4.78 is 33.3. The SMILES string of the molecule is N#Cc1ccc2c(n1)-c1sc(-c3n[nH]nc3-c3ccc(F)cc3F)cc1CCO2. The lowest BCUT2D eigenvalue weighted by atomic mass is 10.1. The van der Waals surface area contributed by atoms with Crippen LogP contribution in [0.4, 0.5) is 8.78 Å². The number of rotatable bonds is 2. The summed E-state index contributed by atoms with van der Waals surface area (Å²) in [6.07, 6.45) is 0.655. The maximum atomic E-state index is 14.3. The number of nitrogens with one attached hydrogen (secondary N) is 1. The zero-order valence-electron chi connectivity index (χ0n) is 14.7. The number of benzene rings is 1. The van der Waals surface area contributed by atoms with E-state index in [1.807, 2.05) is 12.1 Å². The van der Waals surface area contributed by atoms with Crippen LogP contribution in [0.3, 0.4) is 0 Å². The second kappa shape index (κ2) is 6.76. The van der Waals surface area contributed by atoms with Crippen LogP contribution in [0.1, 0.15) is 11.3 Å². The summed E-state index contributed by atoms with van der Waals surface area (Å²) in [7, 11) is 0. The number of thiophene rings is 1. The fourth-order valence-corrected chi connectivity index (χ4v) is 4.46. The van der Waals surface area contributed by atoms with E-state index in [2.05, 4.69) is 20.4 Å². The zero-order chi connectivity index (χ0) is 20.0. The molecule has 4 heterocycles. The van der Waals surface area contributed by atoms with Gasteiger partial charge in [0, 0.05) is 18.1 Å². The quantitative estimate of drug-likeness (QED) is 0.534. The van der Waals surface area contributed by atoms with E-state index in [9.17, 15) is 14.0 Å². The number of halogens is 2. The number of nitrogens with zero attached hydrogens (tertiary/aromatic N) is 4. The van der Waals surface area contributed by atoms with Crippen molar-refractivity contribution in [1.82, 2.24) is 20.4 Å².